The van der Waals surface area contributed by atoms with Crippen LogP contribution in [0.1, 0.15) is 121 Å². The number of benzene rings is 1. The van der Waals surface area contributed by atoms with Crippen LogP contribution in [-0.2, 0) is 6.42 Å². The van der Waals surface area contributed by atoms with Gasteiger partial charge in [0.15, 0.2) is 0 Å². The smallest absolute Gasteiger partial charge is 0.0853 e. The Morgan fingerprint density at radius 2 is 1.40 bits per heavy atom. The second kappa shape index (κ2) is 13.3. The van der Waals surface area contributed by atoms with Gasteiger partial charge in [0.05, 0.1) is 5.76 Å². The molecule has 2 nitrogen and oxygen atoms in total. The van der Waals surface area contributed by atoms with Crippen LogP contribution in [0.2, 0.25) is 0 Å². The summed E-state index contributed by atoms with van der Waals surface area (Å²) in [5.74, 6) is 4.02. The van der Waals surface area contributed by atoms with Crippen molar-refractivity contribution < 1.29 is 5.11 Å². The minimum absolute atomic E-state index is 0.376. The van der Waals surface area contributed by atoms with Crippen molar-refractivity contribution >= 4 is 0 Å². The van der Waals surface area contributed by atoms with Crippen molar-refractivity contribution in [2.24, 2.45) is 23.7 Å². The van der Waals surface area contributed by atoms with Gasteiger partial charge in [-0.3, -0.25) is 4.90 Å². The van der Waals surface area contributed by atoms with Crippen molar-refractivity contribution in [2.45, 2.75) is 122 Å². The molecule has 1 N–H and O–H groups in total. The summed E-state index contributed by atoms with van der Waals surface area (Å²) in [5, 5.41) is 9.98. The molecule has 3 fully saturated rings. The summed E-state index contributed by atoms with van der Waals surface area (Å²) in [5.41, 5.74) is 3.01. The molecule has 0 heterocycles. The Hall–Kier alpha value is -1.28. The Kier molecular flexibility index (Phi) is 10.2. The van der Waals surface area contributed by atoms with Gasteiger partial charge in [0.2, 0.25) is 0 Å². The lowest BCUT2D eigenvalue weighted by molar-refractivity contribution is 0.0667. The zero-order chi connectivity index (χ0) is 24.6. The monoisotopic (exact) mass is 479 g/mol. The molecule has 0 spiro atoms. The fourth-order valence-corrected chi connectivity index (χ4v) is 7.68. The van der Waals surface area contributed by atoms with E-state index in [1.165, 1.54) is 108 Å². The predicted octanol–water partition coefficient (Wildman–Crippen LogP) is 9.06. The molecule has 1 aromatic carbocycles. The van der Waals surface area contributed by atoms with E-state index < -0.39 is 0 Å². The number of aliphatic hydroxyl groups excluding tert-OH is 1. The van der Waals surface area contributed by atoms with Crippen molar-refractivity contribution in [3.63, 3.8) is 0 Å². The number of aliphatic hydroxyl groups is 1. The van der Waals surface area contributed by atoms with Gasteiger partial charge in [0, 0.05) is 25.6 Å². The van der Waals surface area contributed by atoms with E-state index in [1.54, 1.807) is 0 Å². The van der Waals surface area contributed by atoms with Gasteiger partial charge in [-0.05, 0) is 92.1 Å². The summed E-state index contributed by atoms with van der Waals surface area (Å²) in [6, 6.07) is 10.3. The van der Waals surface area contributed by atoms with E-state index in [9.17, 15) is 5.11 Å². The minimum atomic E-state index is 0.376. The molecule has 0 radical (unpaired) electrons. The van der Waals surface area contributed by atoms with Crippen molar-refractivity contribution in [3.8, 4) is 0 Å². The standard InChI is InChI=1S/C33H53NO/c1-25(2)20-27-14-17-31(18-15-27)32-22-30(21-26(3)35)16-19-33(32)34(23-28-10-6-4-7-11-28)24-29-12-8-5-9-13-29/h14-15,17-18,25,28-30,32-33,35H,3-13,16,19-24H2,1-2H3/t30-,32-,33+/m0/s1. The predicted molar refractivity (Wildman–Crippen MR) is 150 cm³/mol. The molecule has 2 heteroatoms. The van der Waals surface area contributed by atoms with E-state index in [0.717, 1.165) is 24.7 Å². The molecule has 3 aliphatic rings. The molecule has 0 unspecified atom stereocenters. The van der Waals surface area contributed by atoms with Crippen LogP contribution in [0.3, 0.4) is 0 Å². The third-order valence-electron chi connectivity index (χ3n) is 9.40. The van der Waals surface area contributed by atoms with Crippen LogP contribution in [0.25, 0.3) is 0 Å². The Labute approximate surface area is 216 Å². The third kappa shape index (κ3) is 8.11. The average Bonchev–Trinajstić information content (AvgIpc) is 2.85. The van der Waals surface area contributed by atoms with Gasteiger partial charge in [0.25, 0.3) is 0 Å². The first-order valence-corrected chi connectivity index (χ1v) is 15.2. The lowest BCUT2D eigenvalue weighted by Crippen LogP contribution is -2.47. The van der Waals surface area contributed by atoms with E-state index in [4.69, 9.17) is 0 Å². The lowest BCUT2D eigenvalue weighted by atomic mass is 9.72. The molecule has 1 aromatic rings. The van der Waals surface area contributed by atoms with Crippen LogP contribution in [0, 0.1) is 23.7 Å². The number of nitrogens with zero attached hydrogens (tertiary/aromatic N) is 1. The fraction of sp³-hybridized carbons (Fsp3) is 0.758. The van der Waals surface area contributed by atoms with Crippen LogP contribution < -0.4 is 0 Å². The Morgan fingerprint density at radius 1 is 0.829 bits per heavy atom. The van der Waals surface area contributed by atoms with Gasteiger partial charge in [0.1, 0.15) is 0 Å². The first-order valence-electron chi connectivity index (χ1n) is 15.2. The number of hydrogen-bond acceptors (Lipinski definition) is 2. The molecular formula is C33H53NO. The van der Waals surface area contributed by atoms with Crippen molar-refractivity contribution in [2.75, 3.05) is 13.1 Å². The van der Waals surface area contributed by atoms with Crippen LogP contribution >= 0.6 is 0 Å². The number of allylic oxidation sites excluding steroid dienone is 1. The molecule has 0 aliphatic heterocycles. The maximum Gasteiger partial charge on any atom is 0.0853 e. The minimum Gasteiger partial charge on any atom is -0.513 e. The number of hydrogen-bond donors (Lipinski definition) is 1. The lowest BCUT2D eigenvalue weighted by Gasteiger charge is -2.46. The van der Waals surface area contributed by atoms with E-state index >= 15 is 0 Å². The highest BCUT2D eigenvalue weighted by atomic mass is 16.3. The zero-order valence-electron chi connectivity index (χ0n) is 22.9. The first-order chi connectivity index (χ1) is 17.0. The van der Waals surface area contributed by atoms with Gasteiger partial charge in [-0.2, -0.15) is 0 Å². The highest BCUT2D eigenvalue weighted by Crippen LogP contribution is 2.43. The largest absolute Gasteiger partial charge is 0.513 e. The Bertz CT molecular complexity index is 736. The van der Waals surface area contributed by atoms with Gasteiger partial charge in [-0.15, -0.1) is 0 Å². The summed E-state index contributed by atoms with van der Waals surface area (Å²) < 4.78 is 0. The normalized spacial score (nSPS) is 26.9. The molecule has 3 saturated carbocycles. The fourth-order valence-electron chi connectivity index (χ4n) is 7.68. The molecule has 4 rings (SSSR count). The summed E-state index contributed by atoms with van der Waals surface area (Å²) in [7, 11) is 0. The maximum absolute atomic E-state index is 9.98. The van der Waals surface area contributed by atoms with E-state index in [2.05, 4.69) is 49.6 Å². The van der Waals surface area contributed by atoms with Crippen LogP contribution in [-0.4, -0.2) is 29.1 Å². The van der Waals surface area contributed by atoms with Gasteiger partial charge in [-0.1, -0.05) is 83.2 Å². The molecular weight excluding hydrogens is 426 g/mol. The second-order valence-corrected chi connectivity index (χ2v) is 12.9. The van der Waals surface area contributed by atoms with Crippen LogP contribution in [0.15, 0.2) is 36.6 Å². The number of rotatable bonds is 10. The summed E-state index contributed by atoms with van der Waals surface area (Å²) >= 11 is 0. The molecule has 35 heavy (non-hydrogen) atoms. The van der Waals surface area contributed by atoms with E-state index in [1.807, 2.05) is 0 Å². The quantitative estimate of drug-likeness (QED) is 0.338. The summed E-state index contributed by atoms with van der Waals surface area (Å²) in [6.45, 7) is 11.1. The molecule has 3 atom stereocenters. The molecule has 0 amide bonds. The molecule has 0 saturated heterocycles. The first kappa shape index (κ1) is 26.8. The summed E-state index contributed by atoms with van der Waals surface area (Å²) in [4.78, 5) is 3.00. The van der Waals surface area contributed by atoms with Gasteiger partial charge in [-0.25, -0.2) is 0 Å². The zero-order valence-corrected chi connectivity index (χ0v) is 22.9. The van der Waals surface area contributed by atoms with Gasteiger partial charge >= 0.3 is 0 Å². The van der Waals surface area contributed by atoms with E-state index in [-0.39, 0.29) is 0 Å². The van der Waals surface area contributed by atoms with Gasteiger partial charge < -0.3 is 5.11 Å². The molecule has 0 bridgehead atoms. The molecule has 196 valence electrons. The van der Waals surface area contributed by atoms with E-state index in [0.29, 0.717) is 29.6 Å². The average molecular weight is 480 g/mol. The van der Waals surface area contributed by atoms with Crippen molar-refractivity contribution in [3.05, 3.63) is 47.7 Å². The molecule has 3 aliphatic carbocycles. The van der Waals surface area contributed by atoms with Crippen molar-refractivity contribution in [1.29, 1.82) is 0 Å². The third-order valence-corrected chi connectivity index (χ3v) is 9.40. The van der Waals surface area contributed by atoms with Crippen LogP contribution in [0.4, 0.5) is 0 Å². The highest BCUT2D eigenvalue weighted by Gasteiger charge is 2.37. The topological polar surface area (TPSA) is 23.5 Å². The van der Waals surface area contributed by atoms with Crippen molar-refractivity contribution in [1.82, 2.24) is 4.90 Å². The Balaban J connectivity index is 1.56. The SMILES string of the molecule is C=C(O)C[C@@H]1CC[C@@H](N(CC2CCCCC2)CC2CCCCC2)[C@H](c2ccc(CC(C)C)cc2)C1. The maximum atomic E-state index is 9.98. The summed E-state index contributed by atoms with van der Waals surface area (Å²) in [6.07, 6.45) is 20.0. The highest BCUT2D eigenvalue weighted by molar-refractivity contribution is 5.28. The van der Waals surface area contributed by atoms with Crippen LogP contribution in [0.5, 0.6) is 0 Å². The Morgan fingerprint density at radius 3 is 1.91 bits per heavy atom. The second-order valence-electron chi connectivity index (χ2n) is 12.9. The molecule has 0 aromatic heterocycles.